The largest absolute Gasteiger partial charge is 0.388 e. The molecule has 1 atom stereocenters. The predicted molar refractivity (Wildman–Crippen MR) is 75.5 cm³/mol. The molecule has 1 N–H and O–H groups in total. The van der Waals surface area contributed by atoms with E-state index in [9.17, 15) is 9.50 Å². The number of hydrogen-bond donors (Lipinski definition) is 1. The molecule has 0 fully saturated rings. The van der Waals surface area contributed by atoms with Crippen molar-refractivity contribution in [1.29, 1.82) is 0 Å². The maximum atomic E-state index is 13.0. The Bertz CT molecular complexity index is 519. The van der Waals surface area contributed by atoms with Crippen molar-refractivity contribution >= 4 is 0 Å². The number of aryl methyl sites for hydroxylation is 2. The first-order valence-electron chi connectivity index (χ1n) is 6.70. The summed E-state index contributed by atoms with van der Waals surface area (Å²) in [5.74, 6) is -0.223. The average Bonchev–Trinajstić information content (AvgIpc) is 2.45. The maximum absolute atomic E-state index is 13.0. The van der Waals surface area contributed by atoms with Crippen molar-refractivity contribution in [3.05, 3.63) is 71.0 Å². The molecule has 1 unspecified atom stereocenters. The van der Waals surface area contributed by atoms with Gasteiger partial charge in [0.2, 0.25) is 0 Å². The smallest absolute Gasteiger partial charge is 0.123 e. The van der Waals surface area contributed by atoms with Gasteiger partial charge in [-0.2, -0.15) is 0 Å². The minimum atomic E-state index is -0.492. The molecule has 2 aromatic carbocycles. The normalized spacial score (nSPS) is 12.4. The minimum Gasteiger partial charge on any atom is -0.388 e. The fourth-order valence-electron chi connectivity index (χ4n) is 2.14. The molecule has 0 bridgehead atoms. The molecule has 0 heterocycles. The van der Waals surface area contributed by atoms with Crippen molar-refractivity contribution in [3.63, 3.8) is 0 Å². The van der Waals surface area contributed by atoms with Gasteiger partial charge in [0.15, 0.2) is 0 Å². The van der Waals surface area contributed by atoms with E-state index in [1.807, 2.05) is 30.3 Å². The van der Waals surface area contributed by atoms with Crippen LogP contribution in [0.2, 0.25) is 0 Å². The highest BCUT2D eigenvalue weighted by Gasteiger charge is 2.07. The second kappa shape index (κ2) is 6.48. The van der Waals surface area contributed by atoms with Crippen LogP contribution in [0.1, 0.15) is 36.1 Å². The Morgan fingerprint density at radius 3 is 2.42 bits per heavy atom. The standard InChI is InChI=1S/C17H19FO/c1-2-13-6-9-15(10-7-13)17(19)11-8-14-4-3-5-16(18)12-14/h3-7,9-10,12,17,19H,2,8,11H2,1H3. The van der Waals surface area contributed by atoms with Crippen LogP contribution in [0.25, 0.3) is 0 Å². The van der Waals surface area contributed by atoms with Gasteiger partial charge in [-0.15, -0.1) is 0 Å². The summed E-state index contributed by atoms with van der Waals surface area (Å²) in [6.45, 7) is 2.11. The Hall–Kier alpha value is -1.67. The topological polar surface area (TPSA) is 20.2 Å². The SMILES string of the molecule is CCc1ccc(C(O)CCc2cccc(F)c2)cc1. The number of hydrogen-bond acceptors (Lipinski definition) is 1. The van der Waals surface area contributed by atoms with E-state index in [0.717, 1.165) is 17.5 Å². The molecular weight excluding hydrogens is 239 g/mol. The average molecular weight is 258 g/mol. The first-order valence-corrected chi connectivity index (χ1v) is 6.70. The van der Waals surface area contributed by atoms with Crippen LogP contribution in [0.4, 0.5) is 4.39 Å². The number of aliphatic hydroxyl groups is 1. The molecule has 2 heteroatoms. The zero-order chi connectivity index (χ0) is 13.7. The van der Waals surface area contributed by atoms with Crippen LogP contribution in [-0.2, 0) is 12.8 Å². The van der Waals surface area contributed by atoms with Crippen molar-refractivity contribution in [2.75, 3.05) is 0 Å². The quantitative estimate of drug-likeness (QED) is 0.857. The monoisotopic (exact) mass is 258 g/mol. The molecule has 2 rings (SSSR count). The fraction of sp³-hybridized carbons (Fsp3) is 0.294. The molecule has 0 saturated carbocycles. The molecule has 0 radical (unpaired) electrons. The molecule has 1 nitrogen and oxygen atoms in total. The lowest BCUT2D eigenvalue weighted by molar-refractivity contribution is 0.168. The Labute approximate surface area is 113 Å². The van der Waals surface area contributed by atoms with E-state index < -0.39 is 6.10 Å². The van der Waals surface area contributed by atoms with Crippen LogP contribution in [0.15, 0.2) is 48.5 Å². The molecule has 0 aromatic heterocycles. The Kier molecular flexibility index (Phi) is 4.69. The minimum absolute atomic E-state index is 0.223. The van der Waals surface area contributed by atoms with Gasteiger partial charge in [0.1, 0.15) is 5.82 Å². The molecule has 0 aliphatic heterocycles. The molecule has 0 aliphatic rings. The number of rotatable bonds is 5. The molecule has 19 heavy (non-hydrogen) atoms. The zero-order valence-corrected chi connectivity index (χ0v) is 11.1. The van der Waals surface area contributed by atoms with E-state index in [-0.39, 0.29) is 5.82 Å². The van der Waals surface area contributed by atoms with Crippen molar-refractivity contribution in [1.82, 2.24) is 0 Å². The molecule has 100 valence electrons. The van der Waals surface area contributed by atoms with Gasteiger partial charge >= 0.3 is 0 Å². The van der Waals surface area contributed by atoms with Crippen molar-refractivity contribution in [2.24, 2.45) is 0 Å². The Morgan fingerprint density at radius 2 is 1.79 bits per heavy atom. The summed E-state index contributed by atoms with van der Waals surface area (Å²) in [5.41, 5.74) is 3.11. The van der Waals surface area contributed by atoms with Gasteiger partial charge in [0.05, 0.1) is 6.10 Å². The summed E-state index contributed by atoms with van der Waals surface area (Å²) in [5, 5.41) is 10.1. The second-order valence-corrected chi connectivity index (χ2v) is 4.78. The summed E-state index contributed by atoms with van der Waals surface area (Å²) >= 11 is 0. The number of halogens is 1. The third-order valence-electron chi connectivity index (χ3n) is 3.37. The van der Waals surface area contributed by atoms with Crippen molar-refractivity contribution < 1.29 is 9.50 Å². The predicted octanol–water partition coefficient (Wildman–Crippen LogP) is 4.05. The lowest BCUT2D eigenvalue weighted by Crippen LogP contribution is -2.00. The lowest BCUT2D eigenvalue weighted by atomic mass is 10.00. The van der Waals surface area contributed by atoms with Crippen molar-refractivity contribution in [2.45, 2.75) is 32.3 Å². The lowest BCUT2D eigenvalue weighted by Gasteiger charge is -2.11. The molecule has 0 aliphatic carbocycles. The first kappa shape index (κ1) is 13.8. The van der Waals surface area contributed by atoms with Gasteiger partial charge < -0.3 is 5.11 Å². The van der Waals surface area contributed by atoms with Gasteiger partial charge in [-0.3, -0.25) is 0 Å². The fourth-order valence-corrected chi connectivity index (χ4v) is 2.14. The summed E-state index contributed by atoms with van der Waals surface area (Å²) in [6.07, 6.45) is 1.79. The van der Waals surface area contributed by atoms with Crippen LogP contribution in [0, 0.1) is 5.82 Å². The van der Waals surface area contributed by atoms with Gasteiger partial charge in [-0.05, 0) is 48.1 Å². The van der Waals surface area contributed by atoms with E-state index in [1.165, 1.54) is 17.7 Å². The molecule has 0 saturated heterocycles. The van der Waals surface area contributed by atoms with Gasteiger partial charge in [0, 0.05) is 0 Å². The summed E-state index contributed by atoms with van der Waals surface area (Å²) in [7, 11) is 0. The highest BCUT2D eigenvalue weighted by atomic mass is 19.1. The second-order valence-electron chi connectivity index (χ2n) is 4.78. The van der Waals surface area contributed by atoms with E-state index >= 15 is 0 Å². The third kappa shape index (κ3) is 3.90. The molecule has 0 amide bonds. The number of aliphatic hydroxyl groups excluding tert-OH is 1. The van der Waals surface area contributed by atoms with Crippen LogP contribution in [-0.4, -0.2) is 5.11 Å². The van der Waals surface area contributed by atoms with Crippen LogP contribution in [0.3, 0.4) is 0 Å². The van der Waals surface area contributed by atoms with E-state index in [1.54, 1.807) is 6.07 Å². The number of benzene rings is 2. The molecular formula is C17H19FO. The van der Waals surface area contributed by atoms with Crippen LogP contribution < -0.4 is 0 Å². The molecule has 0 spiro atoms. The van der Waals surface area contributed by atoms with Crippen molar-refractivity contribution in [3.8, 4) is 0 Å². The Balaban J connectivity index is 1.95. The van der Waals surface area contributed by atoms with Gasteiger partial charge in [-0.25, -0.2) is 4.39 Å². The van der Waals surface area contributed by atoms with Gasteiger partial charge in [0.25, 0.3) is 0 Å². The van der Waals surface area contributed by atoms with E-state index in [2.05, 4.69) is 6.92 Å². The first-order chi connectivity index (χ1) is 9.19. The summed E-state index contributed by atoms with van der Waals surface area (Å²) in [4.78, 5) is 0. The van der Waals surface area contributed by atoms with Crippen LogP contribution >= 0.6 is 0 Å². The van der Waals surface area contributed by atoms with E-state index in [4.69, 9.17) is 0 Å². The molecule has 2 aromatic rings. The zero-order valence-electron chi connectivity index (χ0n) is 11.1. The third-order valence-corrected chi connectivity index (χ3v) is 3.37. The highest BCUT2D eigenvalue weighted by Crippen LogP contribution is 2.20. The van der Waals surface area contributed by atoms with Gasteiger partial charge in [-0.1, -0.05) is 43.3 Å². The van der Waals surface area contributed by atoms with Crippen LogP contribution in [0.5, 0.6) is 0 Å². The maximum Gasteiger partial charge on any atom is 0.123 e. The van der Waals surface area contributed by atoms with E-state index in [0.29, 0.717) is 12.8 Å². The summed E-state index contributed by atoms with van der Waals surface area (Å²) < 4.78 is 13.0. The summed E-state index contributed by atoms with van der Waals surface area (Å²) in [6, 6.07) is 14.6. The highest BCUT2D eigenvalue weighted by molar-refractivity contribution is 5.24. The Morgan fingerprint density at radius 1 is 1.05 bits per heavy atom.